The van der Waals surface area contributed by atoms with Crippen LogP contribution >= 0.6 is 11.6 Å². The second-order valence-corrected chi connectivity index (χ2v) is 7.01. The Morgan fingerprint density at radius 1 is 1.13 bits per heavy atom. The summed E-state index contributed by atoms with van der Waals surface area (Å²) in [5, 5.41) is 10.00. The fourth-order valence-corrected chi connectivity index (χ4v) is 3.34. The molecule has 1 N–H and O–H groups in total. The van der Waals surface area contributed by atoms with Gasteiger partial charge in [-0.05, 0) is 24.3 Å². The summed E-state index contributed by atoms with van der Waals surface area (Å²) in [5.74, 6) is -5.52. The van der Waals surface area contributed by atoms with Crippen molar-refractivity contribution in [1.82, 2.24) is 4.98 Å². The van der Waals surface area contributed by atoms with Gasteiger partial charge in [0.15, 0.2) is 11.6 Å². The van der Waals surface area contributed by atoms with E-state index in [9.17, 15) is 18.0 Å². The number of furan rings is 1. The summed E-state index contributed by atoms with van der Waals surface area (Å²) in [7, 11) is 0. The third-order valence-corrected chi connectivity index (χ3v) is 4.93. The first kappa shape index (κ1) is 20.7. The van der Waals surface area contributed by atoms with Crippen LogP contribution in [0.5, 0.6) is 5.88 Å². The highest BCUT2D eigenvalue weighted by molar-refractivity contribution is 6.35. The third kappa shape index (κ3) is 4.06. The van der Waals surface area contributed by atoms with Gasteiger partial charge in [0, 0.05) is 28.1 Å². The largest absolute Gasteiger partial charge is 0.481 e. The molecule has 0 aliphatic heterocycles. The molecule has 4 rings (SSSR count). The van der Waals surface area contributed by atoms with Crippen LogP contribution in [0.3, 0.4) is 0 Å². The number of ether oxygens (including phenoxy) is 1. The van der Waals surface area contributed by atoms with Gasteiger partial charge in [-0.25, -0.2) is 18.2 Å². The van der Waals surface area contributed by atoms with Gasteiger partial charge in [0.1, 0.15) is 18.0 Å². The number of carboxylic acids is 1. The predicted molar refractivity (Wildman–Crippen MR) is 106 cm³/mol. The molecular weight excluding hydrogens is 435 g/mol. The van der Waals surface area contributed by atoms with Crippen LogP contribution in [0.25, 0.3) is 22.2 Å². The molecule has 0 atom stereocenters. The van der Waals surface area contributed by atoms with E-state index in [0.717, 1.165) is 5.39 Å². The van der Waals surface area contributed by atoms with Crippen LogP contribution in [0.1, 0.15) is 11.1 Å². The summed E-state index contributed by atoms with van der Waals surface area (Å²) < 4.78 is 54.0. The van der Waals surface area contributed by atoms with Gasteiger partial charge < -0.3 is 14.3 Å². The average Bonchev–Trinajstić information content (AvgIpc) is 3.24. The first-order valence-electron chi connectivity index (χ1n) is 8.98. The SMILES string of the molecule is O=C(O)Cc1c(F)cc(-c2cccc(OCc3ccc(Cl)c4ccoc34)n2)c(F)c1F. The van der Waals surface area contributed by atoms with Gasteiger partial charge >= 0.3 is 5.97 Å². The number of hydrogen-bond donors (Lipinski definition) is 1. The topological polar surface area (TPSA) is 72.6 Å². The minimum atomic E-state index is -1.56. The van der Waals surface area contributed by atoms with Gasteiger partial charge in [0.05, 0.1) is 23.4 Å². The van der Waals surface area contributed by atoms with Crippen molar-refractivity contribution in [3.8, 4) is 17.1 Å². The van der Waals surface area contributed by atoms with E-state index in [0.29, 0.717) is 22.2 Å². The molecule has 2 aromatic carbocycles. The Morgan fingerprint density at radius 3 is 2.71 bits per heavy atom. The summed E-state index contributed by atoms with van der Waals surface area (Å²) in [5.41, 5.74) is -0.138. The van der Waals surface area contributed by atoms with E-state index in [2.05, 4.69) is 4.98 Å². The molecule has 0 fully saturated rings. The van der Waals surface area contributed by atoms with Crippen LogP contribution in [0, 0.1) is 17.5 Å². The number of hydrogen-bond acceptors (Lipinski definition) is 4. The Kier molecular flexibility index (Phi) is 5.56. The van der Waals surface area contributed by atoms with E-state index in [-0.39, 0.29) is 18.2 Å². The van der Waals surface area contributed by atoms with Gasteiger partial charge in [-0.2, -0.15) is 0 Å². The van der Waals surface area contributed by atoms with E-state index < -0.39 is 41.0 Å². The first-order chi connectivity index (χ1) is 14.8. The Balaban J connectivity index is 1.62. The maximum atomic E-state index is 14.5. The molecule has 9 heteroatoms. The highest BCUT2D eigenvalue weighted by Crippen LogP contribution is 2.30. The van der Waals surface area contributed by atoms with Crippen molar-refractivity contribution < 1.29 is 32.2 Å². The lowest BCUT2D eigenvalue weighted by Gasteiger charge is -2.11. The van der Waals surface area contributed by atoms with E-state index in [1.165, 1.54) is 24.5 Å². The Morgan fingerprint density at radius 2 is 1.94 bits per heavy atom. The zero-order chi connectivity index (χ0) is 22.1. The number of carboxylic acid groups (broad SMARTS) is 1. The Hall–Kier alpha value is -3.52. The molecular formula is C22H13ClF3NO4. The number of benzene rings is 2. The zero-order valence-corrected chi connectivity index (χ0v) is 16.4. The van der Waals surface area contributed by atoms with Crippen molar-refractivity contribution >= 4 is 28.5 Å². The van der Waals surface area contributed by atoms with Crippen molar-refractivity contribution in [2.45, 2.75) is 13.0 Å². The molecule has 0 saturated heterocycles. The monoisotopic (exact) mass is 447 g/mol. The number of pyridine rings is 1. The molecule has 0 saturated carbocycles. The van der Waals surface area contributed by atoms with Crippen LogP contribution in [-0.4, -0.2) is 16.1 Å². The zero-order valence-electron chi connectivity index (χ0n) is 15.7. The smallest absolute Gasteiger partial charge is 0.308 e. The van der Waals surface area contributed by atoms with Crippen molar-refractivity contribution in [1.29, 1.82) is 0 Å². The van der Waals surface area contributed by atoms with Gasteiger partial charge in [-0.15, -0.1) is 0 Å². The number of aliphatic carboxylic acids is 1. The van der Waals surface area contributed by atoms with Gasteiger partial charge in [-0.1, -0.05) is 23.7 Å². The fourth-order valence-electron chi connectivity index (χ4n) is 3.13. The second-order valence-electron chi connectivity index (χ2n) is 6.60. The van der Waals surface area contributed by atoms with Crippen LogP contribution in [0.4, 0.5) is 13.2 Å². The van der Waals surface area contributed by atoms with Gasteiger partial charge in [0.25, 0.3) is 0 Å². The van der Waals surface area contributed by atoms with Crippen LogP contribution < -0.4 is 4.74 Å². The second kappa shape index (κ2) is 8.31. The van der Waals surface area contributed by atoms with Crippen LogP contribution in [-0.2, 0) is 17.8 Å². The van der Waals surface area contributed by atoms with E-state index >= 15 is 0 Å². The molecule has 0 amide bonds. The van der Waals surface area contributed by atoms with Crippen LogP contribution in [0.15, 0.2) is 53.1 Å². The highest BCUT2D eigenvalue weighted by Gasteiger charge is 2.22. The van der Waals surface area contributed by atoms with Crippen molar-refractivity contribution in [2.75, 3.05) is 0 Å². The summed E-state index contributed by atoms with van der Waals surface area (Å²) in [4.78, 5) is 14.9. The molecule has 0 radical (unpaired) electrons. The summed E-state index contributed by atoms with van der Waals surface area (Å²) in [6, 6.07) is 10.2. The molecule has 2 aromatic heterocycles. The third-order valence-electron chi connectivity index (χ3n) is 4.60. The van der Waals surface area contributed by atoms with Gasteiger partial charge in [0.2, 0.25) is 5.88 Å². The molecule has 31 heavy (non-hydrogen) atoms. The van der Waals surface area contributed by atoms with Crippen LogP contribution in [0.2, 0.25) is 5.02 Å². The van der Waals surface area contributed by atoms with E-state index in [1.54, 1.807) is 18.2 Å². The first-order valence-corrected chi connectivity index (χ1v) is 9.36. The fraction of sp³-hybridized carbons (Fsp3) is 0.0909. The number of carbonyl (C=O) groups is 1. The van der Waals surface area contributed by atoms with Crippen molar-refractivity contribution in [3.05, 3.63) is 82.3 Å². The lowest BCUT2D eigenvalue weighted by Crippen LogP contribution is -2.08. The van der Waals surface area contributed by atoms with E-state index in [4.69, 9.17) is 25.9 Å². The molecule has 4 aromatic rings. The number of nitrogens with zero attached hydrogens (tertiary/aromatic N) is 1. The van der Waals surface area contributed by atoms with E-state index in [1.807, 2.05) is 0 Å². The lowest BCUT2D eigenvalue weighted by atomic mass is 10.0. The average molecular weight is 448 g/mol. The number of fused-ring (bicyclic) bond motifs is 1. The standard InChI is InChI=1S/C22H13ClF3NO4/c23-15-5-4-11(22-12(15)6-7-30-22)10-31-18-3-1-2-17(27-18)14-8-16(24)13(9-19(28)29)20(25)21(14)26/h1-8H,9-10H2,(H,28,29). The lowest BCUT2D eigenvalue weighted by molar-refractivity contribution is -0.136. The normalized spacial score (nSPS) is 11.1. The van der Waals surface area contributed by atoms with Crippen molar-refractivity contribution in [3.63, 3.8) is 0 Å². The molecule has 0 aliphatic rings. The molecule has 0 unspecified atom stereocenters. The molecule has 5 nitrogen and oxygen atoms in total. The Bertz CT molecular complexity index is 1310. The Labute approximate surface area is 178 Å². The minimum absolute atomic E-state index is 0.0559. The predicted octanol–water partition coefficient (Wildman–Crippen LogP) is 5.77. The maximum Gasteiger partial charge on any atom is 0.308 e. The van der Waals surface area contributed by atoms with Gasteiger partial charge in [-0.3, -0.25) is 4.79 Å². The quantitative estimate of drug-likeness (QED) is 0.380. The summed E-state index contributed by atoms with van der Waals surface area (Å²) >= 11 is 6.11. The molecule has 0 spiro atoms. The maximum absolute atomic E-state index is 14.5. The van der Waals surface area contributed by atoms with Crippen molar-refractivity contribution in [2.24, 2.45) is 0 Å². The highest BCUT2D eigenvalue weighted by atomic mass is 35.5. The summed E-state index contributed by atoms with van der Waals surface area (Å²) in [6.07, 6.45) is 0.520. The molecule has 0 bridgehead atoms. The molecule has 158 valence electrons. The molecule has 2 heterocycles. The minimum Gasteiger partial charge on any atom is -0.481 e. The molecule has 0 aliphatic carbocycles. The number of rotatable bonds is 6. The number of aromatic nitrogens is 1. The number of halogens is 4. The summed E-state index contributed by atoms with van der Waals surface area (Å²) in [6.45, 7) is 0.0559.